The number of rotatable bonds is 3. The zero-order chi connectivity index (χ0) is 12.4. The van der Waals surface area contributed by atoms with Gasteiger partial charge in [0.05, 0.1) is 19.4 Å². The Kier molecular flexibility index (Phi) is 2.88. The predicted molar refractivity (Wildman–Crippen MR) is 60.5 cm³/mol. The lowest BCUT2D eigenvalue weighted by molar-refractivity contribution is 0.273. The average molecular weight is 236 g/mol. The summed E-state index contributed by atoms with van der Waals surface area (Å²) in [6.45, 7) is -0.510. The molecule has 0 spiro atoms. The van der Waals surface area contributed by atoms with E-state index in [4.69, 9.17) is 9.84 Å². The van der Waals surface area contributed by atoms with Crippen molar-refractivity contribution < 1.29 is 14.9 Å². The molecule has 0 aliphatic carbocycles. The first kappa shape index (κ1) is 11.3. The van der Waals surface area contributed by atoms with Crippen molar-refractivity contribution in [1.82, 2.24) is 9.78 Å². The number of H-pyrrole nitrogens is 1. The van der Waals surface area contributed by atoms with Gasteiger partial charge in [-0.2, -0.15) is 0 Å². The Morgan fingerprint density at radius 2 is 2.00 bits per heavy atom. The molecule has 0 aliphatic rings. The molecular formula is C11H12N2O4. The third-order valence-electron chi connectivity index (χ3n) is 2.46. The summed E-state index contributed by atoms with van der Waals surface area (Å²) < 4.78 is 6.20. The summed E-state index contributed by atoms with van der Waals surface area (Å²) in [4.78, 5) is 11.4. The number of aliphatic hydroxyl groups excluding tert-OH is 1. The second kappa shape index (κ2) is 4.34. The Hall–Kier alpha value is -2.21. The molecule has 0 saturated carbocycles. The standard InChI is InChI=1S/C11H12N2O4/c1-17-8-4-2-7(3-5-8)13-11(16)9(6-14)10(15)12-13/h2-5,14,16H,6H2,1H3,(H,12,15). The largest absolute Gasteiger partial charge is 0.497 e. The number of hydrogen-bond donors (Lipinski definition) is 3. The molecule has 6 heteroatoms. The van der Waals surface area contributed by atoms with Crippen molar-refractivity contribution in [2.75, 3.05) is 7.11 Å². The Morgan fingerprint density at radius 1 is 1.35 bits per heavy atom. The molecule has 0 radical (unpaired) electrons. The number of aromatic nitrogens is 2. The van der Waals surface area contributed by atoms with Gasteiger partial charge in [-0.15, -0.1) is 0 Å². The molecular weight excluding hydrogens is 224 g/mol. The van der Waals surface area contributed by atoms with Crippen LogP contribution < -0.4 is 10.3 Å². The number of aromatic hydroxyl groups is 1. The van der Waals surface area contributed by atoms with E-state index in [1.54, 1.807) is 31.4 Å². The lowest BCUT2D eigenvalue weighted by atomic mass is 10.3. The monoisotopic (exact) mass is 236 g/mol. The summed E-state index contributed by atoms with van der Waals surface area (Å²) >= 11 is 0. The highest BCUT2D eigenvalue weighted by Crippen LogP contribution is 2.20. The van der Waals surface area contributed by atoms with Gasteiger partial charge in [0, 0.05) is 0 Å². The Morgan fingerprint density at radius 3 is 2.47 bits per heavy atom. The molecule has 0 unspecified atom stereocenters. The first-order valence-corrected chi connectivity index (χ1v) is 4.95. The predicted octanol–water partition coefficient (Wildman–Crippen LogP) is 0.372. The van der Waals surface area contributed by atoms with E-state index in [-0.39, 0.29) is 11.4 Å². The Balaban J connectivity index is 2.49. The maximum atomic E-state index is 11.4. The number of nitrogens with zero attached hydrogens (tertiary/aromatic N) is 1. The first-order chi connectivity index (χ1) is 8.17. The minimum atomic E-state index is -0.513. The zero-order valence-corrected chi connectivity index (χ0v) is 9.17. The van der Waals surface area contributed by atoms with Gasteiger partial charge in [0.2, 0.25) is 5.88 Å². The van der Waals surface area contributed by atoms with Crippen molar-refractivity contribution in [2.45, 2.75) is 6.61 Å². The number of methoxy groups -OCH3 is 1. The van der Waals surface area contributed by atoms with Crippen molar-refractivity contribution in [1.29, 1.82) is 0 Å². The highest BCUT2D eigenvalue weighted by molar-refractivity contribution is 5.40. The topological polar surface area (TPSA) is 87.5 Å². The van der Waals surface area contributed by atoms with E-state index in [0.717, 1.165) is 0 Å². The average Bonchev–Trinajstić information content (AvgIpc) is 2.64. The van der Waals surface area contributed by atoms with E-state index in [9.17, 15) is 9.90 Å². The number of nitrogens with one attached hydrogen (secondary N) is 1. The van der Waals surface area contributed by atoms with Crippen LogP contribution in [0.15, 0.2) is 29.1 Å². The maximum absolute atomic E-state index is 11.4. The summed E-state index contributed by atoms with van der Waals surface area (Å²) in [5.74, 6) is 0.382. The van der Waals surface area contributed by atoms with Gasteiger partial charge in [0.1, 0.15) is 11.3 Å². The highest BCUT2D eigenvalue weighted by atomic mass is 16.5. The van der Waals surface area contributed by atoms with Crippen LogP contribution in [0, 0.1) is 0 Å². The van der Waals surface area contributed by atoms with Crippen LogP contribution in [-0.4, -0.2) is 27.1 Å². The molecule has 6 nitrogen and oxygen atoms in total. The van der Waals surface area contributed by atoms with E-state index in [1.165, 1.54) is 4.68 Å². The molecule has 0 saturated heterocycles. The van der Waals surface area contributed by atoms with Gasteiger partial charge < -0.3 is 14.9 Å². The second-order valence-electron chi connectivity index (χ2n) is 3.43. The van der Waals surface area contributed by atoms with Crippen molar-refractivity contribution in [3.8, 4) is 17.3 Å². The molecule has 90 valence electrons. The minimum absolute atomic E-state index is 0.0548. The van der Waals surface area contributed by atoms with E-state index in [2.05, 4.69) is 5.10 Å². The number of aromatic amines is 1. The fourth-order valence-corrected chi connectivity index (χ4v) is 1.52. The van der Waals surface area contributed by atoms with Gasteiger partial charge in [-0.05, 0) is 24.3 Å². The summed E-state index contributed by atoms with van der Waals surface area (Å²) in [7, 11) is 1.55. The molecule has 0 amide bonds. The minimum Gasteiger partial charge on any atom is -0.497 e. The van der Waals surface area contributed by atoms with Crippen LogP contribution in [-0.2, 0) is 6.61 Å². The SMILES string of the molecule is COc1ccc(-n2[nH]c(=O)c(CO)c2O)cc1. The normalized spacial score (nSPS) is 10.5. The summed E-state index contributed by atoms with van der Waals surface area (Å²) in [5.41, 5.74) is 0.00161. The van der Waals surface area contributed by atoms with Crippen LogP contribution in [0.5, 0.6) is 11.6 Å². The van der Waals surface area contributed by atoms with Gasteiger partial charge in [-0.1, -0.05) is 0 Å². The molecule has 1 aromatic carbocycles. The van der Waals surface area contributed by atoms with Gasteiger partial charge in [-0.3, -0.25) is 9.89 Å². The molecule has 0 fully saturated rings. The maximum Gasteiger partial charge on any atom is 0.273 e. The number of benzene rings is 1. The van der Waals surface area contributed by atoms with Gasteiger partial charge in [0.15, 0.2) is 0 Å². The van der Waals surface area contributed by atoms with Crippen molar-refractivity contribution in [3.63, 3.8) is 0 Å². The third-order valence-corrected chi connectivity index (χ3v) is 2.46. The fraction of sp³-hybridized carbons (Fsp3) is 0.182. The second-order valence-corrected chi connectivity index (χ2v) is 3.43. The van der Waals surface area contributed by atoms with Crippen LogP contribution in [0.4, 0.5) is 0 Å². The molecule has 1 heterocycles. The summed E-state index contributed by atoms with van der Waals surface area (Å²) in [5, 5.41) is 21.1. The van der Waals surface area contributed by atoms with Crippen molar-refractivity contribution >= 4 is 0 Å². The van der Waals surface area contributed by atoms with E-state index < -0.39 is 12.2 Å². The molecule has 0 atom stereocenters. The number of aliphatic hydroxyl groups is 1. The van der Waals surface area contributed by atoms with Crippen LogP contribution in [0.1, 0.15) is 5.56 Å². The highest BCUT2D eigenvalue weighted by Gasteiger charge is 2.13. The van der Waals surface area contributed by atoms with Crippen molar-refractivity contribution in [2.24, 2.45) is 0 Å². The fourth-order valence-electron chi connectivity index (χ4n) is 1.52. The molecule has 0 bridgehead atoms. The van der Waals surface area contributed by atoms with Gasteiger partial charge in [-0.25, -0.2) is 4.68 Å². The van der Waals surface area contributed by atoms with Crippen LogP contribution in [0.2, 0.25) is 0 Å². The molecule has 3 N–H and O–H groups in total. The van der Waals surface area contributed by atoms with Crippen LogP contribution in [0.3, 0.4) is 0 Å². The summed E-state index contributed by atoms with van der Waals surface area (Å²) in [6, 6.07) is 6.75. The van der Waals surface area contributed by atoms with Crippen LogP contribution in [0.25, 0.3) is 5.69 Å². The van der Waals surface area contributed by atoms with Crippen LogP contribution >= 0.6 is 0 Å². The van der Waals surface area contributed by atoms with Gasteiger partial charge >= 0.3 is 0 Å². The molecule has 2 rings (SSSR count). The quantitative estimate of drug-likeness (QED) is 0.718. The number of hydrogen-bond acceptors (Lipinski definition) is 4. The Bertz CT molecular complexity index is 568. The van der Waals surface area contributed by atoms with E-state index in [1.807, 2.05) is 0 Å². The van der Waals surface area contributed by atoms with E-state index >= 15 is 0 Å². The lowest BCUT2D eigenvalue weighted by Crippen LogP contribution is -2.07. The summed E-state index contributed by atoms with van der Waals surface area (Å²) in [6.07, 6.45) is 0. The van der Waals surface area contributed by atoms with Gasteiger partial charge in [0.25, 0.3) is 5.56 Å². The molecule has 0 aliphatic heterocycles. The molecule has 1 aromatic heterocycles. The third kappa shape index (κ3) is 1.90. The van der Waals surface area contributed by atoms with Crippen molar-refractivity contribution in [3.05, 3.63) is 40.2 Å². The molecule has 17 heavy (non-hydrogen) atoms. The molecule has 2 aromatic rings. The Labute approximate surface area is 96.7 Å². The number of ether oxygens (including phenoxy) is 1. The lowest BCUT2D eigenvalue weighted by Gasteiger charge is -2.05. The van der Waals surface area contributed by atoms with E-state index in [0.29, 0.717) is 11.4 Å². The first-order valence-electron chi connectivity index (χ1n) is 4.95. The smallest absolute Gasteiger partial charge is 0.273 e. The zero-order valence-electron chi connectivity index (χ0n) is 9.17.